The van der Waals surface area contributed by atoms with Crippen LogP contribution in [-0.2, 0) is 4.79 Å². The third-order valence-corrected chi connectivity index (χ3v) is 1.64. The Balaban J connectivity index is 3.56. The van der Waals surface area contributed by atoms with Crippen molar-refractivity contribution < 1.29 is 14.7 Å². The Labute approximate surface area is 89.2 Å². The number of amides is 2. The monoisotopic (exact) mass is 212 g/mol. The lowest BCUT2D eigenvalue weighted by molar-refractivity contribution is -0.137. The summed E-state index contributed by atoms with van der Waals surface area (Å²) in [5, 5.41) is 13.5. The summed E-state index contributed by atoms with van der Waals surface area (Å²) in [4.78, 5) is 21.4. The predicted octanol–water partition coefficient (Wildman–Crippen LogP) is 0.562. The van der Waals surface area contributed by atoms with Crippen molar-refractivity contribution in [2.24, 2.45) is 0 Å². The molecule has 0 radical (unpaired) electrons. The molecule has 1 atom stereocenters. The summed E-state index contributed by atoms with van der Waals surface area (Å²) in [5.74, 6) is 1.52. The summed E-state index contributed by atoms with van der Waals surface area (Å²) >= 11 is 0. The van der Waals surface area contributed by atoms with Gasteiger partial charge in [-0.3, -0.25) is 4.79 Å². The molecule has 3 N–H and O–H groups in total. The van der Waals surface area contributed by atoms with E-state index in [2.05, 4.69) is 16.6 Å². The Kier molecular flexibility index (Phi) is 6.81. The van der Waals surface area contributed by atoms with Crippen molar-refractivity contribution in [3.8, 4) is 12.3 Å². The first-order chi connectivity index (χ1) is 7.06. The number of terminal acetylenes is 1. The topological polar surface area (TPSA) is 78.4 Å². The summed E-state index contributed by atoms with van der Waals surface area (Å²) in [6.45, 7) is 2.13. The SMILES string of the molecule is C#CCCCNC(=O)NC(C)CC(=O)O. The number of carbonyl (C=O) groups is 2. The molecule has 0 aliphatic rings. The number of hydrogen-bond acceptors (Lipinski definition) is 2. The molecule has 0 aliphatic heterocycles. The fourth-order valence-corrected chi connectivity index (χ4v) is 0.980. The van der Waals surface area contributed by atoms with Crippen molar-refractivity contribution in [3.05, 3.63) is 0 Å². The van der Waals surface area contributed by atoms with Crippen molar-refractivity contribution in [2.45, 2.75) is 32.2 Å². The van der Waals surface area contributed by atoms with E-state index in [0.29, 0.717) is 13.0 Å². The molecule has 0 saturated heterocycles. The minimum absolute atomic E-state index is 0.0855. The highest BCUT2D eigenvalue weighted by atomic mass is 16.4. The highest BCUT2D eigenvalue weighted by molar-refractivity contribution is 5.75. The van der Waals surface area contributed by atoms with Crippen molar-refractivity contribution in [1.82, 2.24) is 10.6 Å². The summed E-state index contributed by atoms with van der Waals surface area (Å²) in [6.07, 6.45) is 6.29. The summed E-state index contributed by atoms with van der Waals surface area (Å²) in [7, 11) is 0. The molecule has 0 spiro atoms. The molecule has 0 aromatic carbocycles. The molecule has 0 aromatic heterocycles. The van der Waals surface area contributed by atoms with Crippen LogP contribution in [0.4, 0.5) is 4.79 Å². The summed E-state index contributed by atoms with van der Waals surface area (Å²) in [6, 6.07) is -0.740. The van der Waals surface area contributed by atoms with Gasteiger partial charge in [0.2, 0.25) is 0 Å². The van der Waals surface area contributed by atoms with Gasteiger partial charge in [-0.2, -0.15) is 0 Å². The quantitative estimate of drug-likeness (QED) is 0.444. The van der Waals surface area contributed by atoms with Gasteiger partial charge in [0, 0.05) is 19.0 Å². The molecule has 0 aliphatic carbocycles. The first kappa shape index (κ1) is 13.3. The Morgan fingerprint density at radius 1 is 1.53 bits per heavy atom. The minimum Gasteiger partial charge on any atom is -0.481 e. The van der Waals surface area contributed by atoms with E-state index >= 15 is 0 Å². The van der Waals surface area contributed by atoms with Crippen molar-refractivity contribution in [2.75, 3.05) is 6.54 Å². The van der Waals surface area contributed by atoms with Gasteiger partial charge in [0.1, 0.15) is 0 Å². The van der Waals surface area contributed by atoms with Gasteiger partial charge >= 0.3 is 12.0 Å². The van der Waals surface area contributed by atoms with Crippen LogP contribution in [0.25, 0.3) is 0 Å². The van der Waals surface area contributed by atoms with Crippen LogP contribution in [0.2, 0.25) is 0 Å². The Bertz CT molecular complexity index is 258. The van der Waals surface area contributed by atoms with Gasteiger partial charge in [0.25, 0.3) is 0 Å². The van der Waals surface area contributed by atoms with Gasteiger partial charge in [-0.05, 0) is 13.3 Å². The van der Waals surface area contributed by atoms with Crippen LogP contribution in [0.3, 0.4) is 0 Å². The highest BCUT2D eigenvalue weighted by Gasteiger charge is 2.09. The van der Waals surface area contributed by atoms with Crippen LogP contribution in [-0.4, -0.2) is 29.7 Å². The Morgan fingerprint density at radius 2 is 2.20 bits per heavy atom. The van der Waals surface area contributed by atoms with Crippen molar-refractivity contribution in [1.29, 1.82) is 0 Å². The number of nitrogens with one attached hydrogen (secondary N) is 2. The van der Waals surface area contributed by atoms with E-state index in [9.17, 15) is 9.59 Å². The molecule has 84 valence electrons. The molecular weight excluding hydrogens is 196 g/mol. The van der Waals surface area contributed by atoms with E-state index < -0.39 is 5.97 Å². The van der Waals surface area contributed by atoms with Gasteiger partial charge < -0.3 is 15.7 Å². The van der Waals surface area contributed by atoms with Crippen LogP contribution < -0.4 is 10.6 Å². The molecule has 2 amide bonds. The molecule has 0 aromatic rings. The van der Waals surface area contributed by atoms with E-state index in [1.165, 1.54) is 0 Å². The van der Waals surface area contributed by atoms with Crippen LogP contribution in [0.5, 0.6) is 0 Å². The molecule has 5 heteroatoms. The zero-order valence-corrected chi connectivity index (χ0v) is 8.75. The summed E-state index contributed by atoms with van der Waals surface area (Å²) in [5.41, 5.74) is 0. The maximum Gasteiger partial charge on any atom is 0.315 e. The number of aliphatic carboxylic acids is 1. The highest BCUT2D eigenvalue weighted by Crippen LogP contribution is 1.90. The molecule has 5 nitrogen and oxygen atoms in total. The maximum atomic E-state index is 11.1. The van der Waals surface area contributed by atoms with Crippen LogP contribution in [0.1, 0.15) is 26.2 Å². The molecule has 0 saturated carbocycles. The van der Waals surface area contributed by atoms with E-state index in [1.54, 1.807) is 6.92 Å². The zero-order valence-electron chi connectivity index (χ0n) is 8.75. The lowest BCUT2D eigenvalue weighted by Gasteiger charge is -2.12. The number of unbranched alkanes of at least 4 members (excludes halogenated alkanes) is 1. The van der Waals surface area contributed by atoms with Crippen LogP contribution in [0.15, 0.2) is 0 Å². The number of hydrogen-bond donors (Lipinski definition) is 3. The average Bonchev–Trinajstić information content (AvgIpc) is 2.10. The van der Waals surface area contributed by atoms with Gasteiger partial charge in [-0.25, -0.2) is 4.79 Å². The van der Waals surface area contributed by atoms with E-state index in [4.69, 9.17) is 11.5 Å². The Morgan fingerprint density at radius 3 is 2.73 bits per heavy atom. The number of carboxylic acid groups (broad SMARTS) is 1. The fourth-order valence-electron chi connectivity index (χ4n) is 0.980. The maximum absolute atomic E-state index is 11.1. The molecule has 0 rings (SSSR count). The number of carboxylic acids is 1. The Hall–Kier alpha value is -1.70. The lowest BCUT2D eigenvalue weighted by atomic mass is 10.2. The zero-order chi connectivity index (χ0) is 11.7. The van der Waals surface area contributed by atoms with Gasteiger partial charge in [-0.1, -0.05) is 0 Å². The average molecular weight is 212 g/mol. The fraction of sp³-hybridized carbons (Fsp3) is 0.600. The van der Waals surface area contributed by atoms with E-state index in [1.807, 2.05) is 0 Å². The molecule has 0 heterocycles. The molecule has 0 fully saturated rings. The predicted molar refractivity (Wildman–Crippen MR) is 56.3 cm³/mol. The number of urea groups is 1. The van der Waals surface area contributed by atoms with Gasteiger partial charge in [-0.15, -0.1) is 12.3 Å². The second-order valence-corrected chi connectivity index (χ2v) is 3.21. The third kappa shape index (κ3) is 8.63. The minimum atomic E-state index is -0.935. The second kappa shape index (κ2) is 7.68. The number of rotatable bonds is 6. The number of carbonyl (C=O) groups excluding carboxylic acids is 1. The summed E-state index contributed by atoms with van der Waals surface area (Å²) < 4.78 is 0. The molecule has 0 bridgehead atoms. The van der Waals surface area contributed by atoms with Crippen molar-refractivity contribution >= 4 is 12.0 Å². The van der Waals surface area contributed by atoms with Gasteiger partial charge in [0.15, 0.2) is 0 Å². The first-order valence-corrected chi connectivity index (χ1v) is 4.76. The van der Waals surface area contributed by atoms with Gasteiger partial charge in [0.05, 0.1) is 6.42 Å². The van der Waals surface area contributed by atoms with E-state index in [0.717, 1.165) is 6.42 Å². The molecule has 1 unspecified atom stereocenters. The van der Waals surface area contributed by atoms with E-state index in [-0.39, 0.29) is 18.5 Å². The lowest BCUT2D eigenvalue weighted by Crippen LogP contribution is -2.41. The smallest absolute Gasteiger partial charge is 0.315 e. The van der Waals surface area contributed by atoms with Crippen molar-refractivity contribution in [3.63, 3.8) is 0 Å². The normalized spacial score (nSPS) is 11.2. The largest absolute Gasteiger partial charge is 0.481 e. The molecular formula is C10H16N2O3. The molecule has 15 heavy (non-hydrogen) atoms. The first-order valence-electron chi connectivity index (χ1n) is 4.76. The van der Waals surface area contributed by atoms with Crippen LogP contribution >= 0.6 is 0 Å². The van der Waals surface area contributed by atoms with Crippen LogP contribution in [0, 0.1) is 12.3 Å². The second-order valence-electron chi connectivity index (χ2n) is 3.21. The third-order valence-electron chi connectivity index (χ3n) is 1.64. The standard InChI is InChI=1S/C10H16N2O3/c1-3-4-5-6-11-10(15)12-8(2)7-9(13)14/h1,8H,4-7H2,2H3,(H,13,14)(H2,11,12,15).